The first-order chi connectivity index (χ1) is 10.2. The number of alkyl halides is 2. The Bertz CT molecular complexity index is 549. The van der Waals surface area contributed by atoms with Crippen LogP contribution in [-0.2, 0) is 20.9 Å². The summed E-state index contributed by atoms with van der Waals surface area (Å²) in [6, 6.07) is 6.29. The van der Waals surface area contributed by atoms with Crippen LogP contribution in [0.1, 0.15) is 12.0 Å². The largest absolute Gasteiger partial charge is 0.480 e. The van der Waals surface area contributed by atoms with Gasteiger partial charge in [0.25, 0.3) is 0 Å². The van der Waals surface area contributed by atoms with Crippen molar-refractivity contribution in [3.8, 4) is 0 Å². The molecule has 0 aliphatic heterocycles. The summed E-state index contributed by atoms with van der Waals surface area (Å²) < 4.78 is 30.7. The summed E-state index contributed by atoms with van der Waals surface area (Å²) in [5, 5.41) is 18.7. The molecular weight excluding hydrogens is 304 g/mol. The number of carboxylic acid groups (broad SMARTS) is 2. The summed E-state index contributed by atoms with van der Waals surface area (Å²) in [5.41, 5.74) is 0.611. The Morgan fingerprint density at radius 3 is 2.27 bits per heavy atom. The summed E-state index contributed by atoms with van der Waals surface area (Å²) in [6.07, 6.45) is -2.82. The number of carboxylic acids is 2. The van der Waals surface area contributed by atoms with Crippen LogP contribution in [0.4, 0.5) is 13.6 Å². The molecule has 0 spiro atoms. The molecule has 1 aromatic rings. The second-order valence-corrected chi connectivity index (χ2v) is 4.31. The zero-order valence-corrected chi connectivity index (χ0v) is 11.2. The molecule has 1 atom stereocenters. The molecule has 1 amide bonds. The summed E-state index contributed by atoms with van der Waals surface area (Å²) in [5.74, 6) is -8.55. The van der Waals surface area contributed by atoms with E-state index in [1.165, 1.54) is 0 Å². The number of ether oxygens (including phenoxy) is 1. The number of benzene rings is 1. The minimum absolute atomic E-state index is 0.186. The predicted molar refractivity (Wildman–Crippen MR) is 68.4 cm³/mol. The maximum absolute atomic E-state index is 13.0. The second-order valence-electron chi connectivity index (χ2n) is 4.31. The Morgan fingerprint density at radius 2 is 1.77 bits per heavy atom. The molecule has 0 radical (unpaired) electrons. The van der Waals surface area contributed by atoms with Crippen LogP contribution in [-0.4, -0.2) is 40.2 Å². The maximum atomic E-state index is 13.0. The van der Waals surface area contributed by atoms with Crippen LogP contribution >= 0.6 is 0 Å². The lowest BCUT2D eigenvalue weighted by molar-refractivity contribution is -0.167. The molecule has 9 heteroatoms. The fourth-order valence-corrected chi connectivity index (χ4v) is 1.45. The van der Waals surface area contributed by atoms with Crippen molar-refractivity contribution >= 4 is 18.0 Å². The molecule has 0 saturated carbocycles. The number of carbonyl (C=O) groups is 3. The molecule has 1 unspecified atom stereocenters. The highest BCUT2D eigenvalue weighted by Crippen LogP contribution is 2.21. The fourth-order valence-electron chi connectivity index (χ4n) is 1.45. The highest BCUT2D eigenvalue weighted by Gasteiger charge is 2.43. The van der Waals surface area contributed by atoms with Gasteiger partial charge in [0.15, 0.2) is 0 Å². The molecule has 7 nitrogen and oxygen atoms in total. The molecule has 0 bridgehead atoms. The lowest BCUT2D eigenvalue weighted by Crippen LogP contribution is -2.46. The van der Waals surface area contributed by atoms with Crippen molar-refractivity contribution in [3.63, 3.8) is 0 Å². The van der Waals surface area contributed by atoms with Gasteiger partial charge in [0.1, 0.15) is 12.6 Å². The molecule has 0 aliphatic carbocycles. The van der Waals surface area contributed by atoms with Gasteiger partial charge in [-0.05, 0) is 5.56 Å². The second kappa shape index (κ2) is 7.34. The van der Waals surface area contributed by atoms with Gasteiger partial charge in [-0.3, -0.25) is 0 Å². The quantitative estimate of drug-likeness (QED) is 0.702. The summed E-state index contributed by atoms with van der Waals surface area (Å²) in [7, 11) is 0. The number of nitrogens with one attached hydrogen (secondary N) is 1. The Kier molecular flexibility index (Phi) is 5.79. The number of rotatable bonds is 7. The van der Waals surface area contributed by atoms with E-state index in [1.54, 1.807) is 35.6 Å². The van der Waals surface area contributed by atoms with Crippen LogP contribution in [0, 0.1) is 0 Å². The van der Waals surface area contributed by atoms with Gasteiger partial charge in [-0.1, -0.05) is 30.3 Å². The third kappa shape index (κ3) is 5.35. The Labute approximate surface area is 123 Å². The first-order valence-corrected chi connectivity index (χ1v) is 6.03. The zero-order valence-electron chi connectivity index (χ0n) is 11.2. The van der Waals surface area contributed by atoms with Gasteiger partial charge in [-0.15, -0.1) is 0 Å². The molecule has 1 aromatic carbocycles. The maximum Gasteiger partial charge on any atom is 0.408 e. The normalized spacial score (nSPS) is 12.3. The number of aliphatic carboxylic acids is 2. The molecule has 1 rings (SSSR count). The number of amides is 1. The monoisotopic (exact) mass is 317 g/mol. The van der Waals surface area contributed by atoms with Crippen molar-refractivity contribution in [3.05, 3.63) is 35.9 Å². The molecule has 0 heterocycles. The highest BCUT2D eigenvalue weighted by atomic mass is 19.3. The standard InChI is InChI=1S/C13H13F2NO6/c14-13(15,11(19)20)6-9(10(17)18)16-12(21)22-7-8-4-2-1-3-5-8/h1-5,9H,6-7H2,(H,16,21)(H,17,18)(H,19,20). The fraction of sp³-hybridized carbons (Fsp3) is 0.308. The van der Waals surface area contributed by atoms with Crippen LogP contribution in [0.5, 0.6) is 0 Å². The van der Waals surface area contributed by atoms with Gasteiger partial charge in [-0.25, -0.2) is 14.4 Å². The van der Waals surface area contributed by atoms with Gasteiger partial charge in [0.05, 0.1) is 6.42 Å². The van der Waals surface area contributed by atoms with Gasteiger partial charge in [-0.2, -0.15) is 8.78 Å². The van der Waals surface area contributed by atoms with Crippen molar-refractivity contribution in [2.45, 2.75) is 25.0 Å². The van der Waals surface area contributed by atoms with Crippen LogP contribution in [0.3, 0.4) is 0 Å². The minimum Gasteiger partial charge on any atom is -0.480 e. The van der Waals surface area contributed by atoms with Crippen LogP contribution in [0.2, 0.25) is 0 Å². The zero-order chi connectivity index (χ0) is 16.8. The summed E-state index contributed by atoms with van der Waals surface area (Å²) in [4.78, 5) is 32.5. The van der Waals surface area contributed by atoms with E-state index in [0.29, 0.717) is 5.56 Å². The van der Waals surface area contributed by atoms with E-state index < -0.39 is 36.4 Å². The number of halogens is 2. The third-order valence-corrected chi connectivity index (χ3v) is 2.58. The van der Waals surface area contributed by atoms with Crippen molar-refractivity contribution in [1.82, 2.24) is 5.32 Å². The molecule has 0 aromatic heterocycles. The highest BCUT2D eigenvalue weighted by molar-refractivity contribution is 5.82. The minimum atomic E-state index is -4.28. The summed E-state index contributed by atoms with van der Waals surface area (Å²) >= 11 is 0. The lowest BCUT2D eigenvalue weighted by atomic mass is 10.1. The number of carbonyl (C=O) groups excluding carboxylic acids is 1. The Balaban J connectivity index is 2.58. The van der Waals surface area contributed by atoms with Gasteiger partial charge in [0.2, 0.25) is 0 Å². The summed E-state index contributed by atoms with van der Waals surface area (Å²) in [6.45, 7) is -0.186. The van der Waals surface area contributed by atoms with Gasteiger partial charge in [0, 0.05) is 0 Å². The van der Waals surface area contributed by atoms with Crippen LogP contribution in [0.25, 0.3) is 0 Å². The molecule has 3 N–H and O–H groups in total. The third-order valence-electron chi connectivity index (χ3n) is 2.58. The van der Waals surface area contributed by atoms with E-state index in [4.69, 9.17) is 10.2 Å². The van der Waals surface area contributed by atoms with E-state index >= 15 is 0 Å². The predicted octanol–water partition coefficient (Wildman–Crippen LogP) is 1.48. The van der Waals surface area contributed by atoms with Crippen LogP contribution < -0.4 is 5.32 Å². The average molecular weight is 317 g/mol. The number of alkyl carbamates (subject to hydrolysis) is 1. The smallest absolute Gasteiger partial charge is 0.408 e. The molecule has 0 fully saturated rings. The van der Waals surface area contributed by atoms with Crippen molar-refractivity contribution < 1.29 is 38.1 Å². The van der Waals surface area contributed by atoms with Crippen molar-refractivity contribution in [2.24, 2.45) is 0 Å². The van der Waals surface area contributed by atoms with E-state index in [-0.39, 0.29) is 6.61 Å². The number of hydrogen-bond acceptors (Lipinski definition) is 4. The molecule has 22 heavy (non-hydrogen) atoms. The van der Waals surface area contributed by atoms with Gasteiger partial charge < -0.3 is 20.3 Å². The molecule has 0 aliphatic rings. The van der Waals surface area contributed by atoms with E-state index in [1.807, 2.05) is 0 Å². The van der Waals surface area contributed by atoms with E-state index in [9.17, 15) is 23.2 Å². The molecule has 0 saturated heterocycles. The topological polar surface area (TPSA) is 113 Å². The lowest BCUT2D eigenvalue weighted by Gasteiger charge is -2.18. The molecular formula is C13H13F2NO6. The Hall–Kier alpha value is -2.71. The van der Waals surface area contributed by atoms with Gasteiger partial charge >= 0.3 is 24.0 Å². The molecule has 120 valence electrons. The van der Waals surface area contributed by atoms with Crippen molar-refractivity contribution in [1.29, 1.82) is 0 Å². The van der Waals surface area contributed by atoms with Crippen LogP contribution in [0.15, 0.2) is 30.3 Å². The van der Waals surface area contributed by atoms with E-state index in [2.05, 4.69) is 4.74 Å². The first-order valence-electron chi connectivity index (χ1n) is 6.03. The van der Waals surface area contributed by atoms with E-state index in [0.717, 1.165) is 0 Å². The first kappa shape index (κ1) is 17.3. The average Bonchev–Trinajstić information content (AvgIpc) is 2.45. The van der Waals surface area contributed by atoms with Crippen molar-refractivity contribution in [2.75, 3.05) is 0 Å². The Morgan fingerprint density at radius 1 is 1.18 bits per heavy atom. The number of hydrogen-bond donors (Lipinski definition) is 3. The SMILES string of the molecule is O=C(NC(CC(F)(F)C(=O)O)C(=O)O)OCc1ccccc1.